The molecule has 1 aliphatic rings. The van der Waals surface area contributed by atoms with Crippen LogP contribution in [0, 0.1) is 17.6 Å². The molecule has 2 aromatic rings. The quantitative estimate of drug-likeness (QED) is 0.723. The zero-order valence-corrected chi connectivity index (χ0v) is 17.3. The predicted molar refractivity (Wildman–Crippen MR) is 110 cm³/mol. The van der Waals surface area contributed by atoms with Gasteiger partial charge in [0.1, 0.15) is 0 Å². The van der Waals surface area contributed by atoms with Crippen molar-refractivity contribution in [2.24, 2.45) is 5.92 Å². The Morgan fingerprint density at radius 3 is 2.42 bits per heavy atom. The lowest BCUT2D eigenvalue weighted by molar-refractivity contribution is 0.0950. The molecule has 6 heteroatoms. The minimum absolute atomic E-state index is 0.729. The number of aryl methyl sites for hydroxylation is 1. The molecular weight excluding hydrogens is 342 g/mol. The molecule has 0 bridgehead atoms. The fourth-order valence-electron chi connectivity index (χ4n) is 3.64. The Bertz CT molecular complexity index is 784. The molecule has 1 fully saturated rings. The van der Waals surface area contributed by atoms with Crippen LogP contribution < -0.4 is 0 Å². The molecule has 0 unspecified atom stereocenters. The van der Waals surface area contributed by atoms with Crippen molar-refractivity contribution < 1.29 is 0 Å². The molecule has 1 aromatic heterocycles. The van der Waals surface area contributed by atoms with Crippen molar-refractivity contribution in [3.63, 3.8) is 0 Å². The molecule has 1 saturated heterocycles. The van der Waals surface area contributed by atoms with E-state index in [4.69, 9.17) is 17.3 Å². The van der Waals surface area contributed by atoms with E-state index in [1.165, 1.54) is 12.1 Å². The van der Waals surface area contributed by atoms with Crippen LogP contribution in [-0.4, -0.2) is 56.9 Å². The van der Waals surface area contributed by atoms with Crippen molar-refractivity contribution in [2.45, 2.75) is 40.9 Å². The van der Waals surface area contributed by atoms with E-state index in [9.17, 15) is 0 Å². The minimum Gasteiger partial charge on any atom is -0.301 e. The van der Waals surface area contributed by atoms with Crippen molar-refractivity contribution in [1.29, 1.82) is 0 Å². The largest absolute Gasteiger partial charge is 0.301 e. The van der Waals surface area contributed by atoms with Crippen molar-refractivity contribution in [2.75, 3.05) is 32.7 Å². The van der Waals surface area contributed by atoms with Gasteiger partial charge in [-0.15, -0.1) is 0 Å². The van der Waals surface area contributed by atoms with Gasteiger partial charge in [-0.05, 0) is 38.0 Å². The van der Waals surface area contributed by atoms with Crippen molar-refractivity contribution in [3.8, 4) is 11.4 Å². The van der Waals surface area contributed by atoms with Gasteiger partial charge in [-0.1, -0.05) is 37.6 Å². The zero-order valence-electron chi connectivity index (χ0n) is 16.5. The highest BCUT2D eigenvalue weighted by molar-refractivity contribution is 7.71. The Labute approximate surface area is 162 Å². The number of benzene rings is 1. The summed E-state index contributed by atoms with van der Waals surface area (Å²) in [5, 5.41) is 4.87. The summed E-state index contributed by atoms with van der Waals surface area (Å²) >= 11 is 5.72. The summed E-state index contributed by atoms with van der Waals surface area (Å²) in [5.41, 5.74) is 2.38. The molecule has 0 saturated carbocycles. The topological polar surface area (TPSA) is 29.2 Å². The van der Waals surface area contributed by atoms with E-state index in [1.54, 1.807) is 0 Å². The standard InChI is InChI=1S/C20H31N5S/c1-5-24-19(18-8-6-7-17(4)13-18)21-25(20(24)26)15-23-11-9-22(10-12-23)14-16(2)3/h6-8,13,16H,5,9-12,14-15H2,1-4H3. The van der Waals surface area contributed by atoms with Crippen molar-refractivity contribution in [1.82, 2.24) is 24.1 Å². The molecule has 0 amide bonds. The maximum absolute atomic E-state index is 5.72. The second-order valence-corrected chi connectivity index (χ2v) is 8.04. The number of rotatable bonds is 6. The van der Waals surface area contributed by atoms with Crippen LogP contribution >= 0.6 is 12.2 Å². The van der Waals surface area contributed by atoms with E-state index in [0.717, 1.165) is 61.5 Å². The molecule has 3 rings (SSSR count). The van der Waals surface area contributed by atoms with Crippen molar-refractivity contribution in [3.05, 3.63) is 34.6 Å². The van der Waals surface area contributed by atoms with Gasteiger partial charge >= 0.3 is 0 Å². The molecule has 1 aliphatic heterocycles. The molecule has 0 radical (unpaired) electrons. The summed E-state index contributed by atoms with van der Waals surface area (Å²) in [5.74, 6) is 1.70. The lowest BCUT2D eigenvalue weighted by Gasteiger charge is -2.35. The van der Waals surface area contributed by atoms with Crippen LogP contribution in [0.3, 0.4) is 0 Å². The Kier molecular flexibility index (Phi) is 6.27. The van der Waals surface area contributed by atoms with Gasteiger partial charge in [0, 0.05) is 44.8 Å². The van der Waals surface area contributed by atoms with Gasteiger partial charge in [0.05, 0.1) is 6.67 Å². The van der Waals surface area contributed by atoms with E-state index in [1.807, 2.05) is 4.68 Å². The first kappa shape index (κ1) is 19.3. The smallest absolute Gasteiger partial charge is 0.199 e. The summed E-state index contributed by atoms with van der Waals surface area (Å²) in [6.07, 6.45) is 0. The third-order valence-electron chi connectivity index (χ3n) is 4.94. The lowest BCUT2D eigenvalue weighted by Crippen LogP contribution is -2.47. The molecule has 0 N–H and O–H groups in total. The predicted octanol–water partition coefficient (Wildman–Crippen LogP) is 3.64. The third-order valence-corrected chi connectivity index (χ3v) is 5.37. The second-order valence-electron chi connectivity index (χ2n) is 7.67. The summed E-state index contributed by atoms with van der Waals surface area (Å²) in [6.45, 7) is 16.0. The second kappa shape index (κ2) is 8.46. The SMILES string of the molecule is CCn1c(-c2cccc(C)c2)nn(CN2CCN(CC(C)C)CC2)c1=S. The summed E-state index contributed by atoms with van der Waals surface area (Å²) in [4.78, 5) is 5.02. The first-order valence-electron chi connectivity index (χ1n) is 9.67. The summed E-state index contributed by atoms with van der Waals surface area (Å²) < 4.78 is 4.95. The number of hydrogen-bond donors (Lipinski definition) is 0. The van der Waals surface area contributed by atoms with Gasteiger partial charge in [0.15, 0.2) is 10.6 Å². The number of hydrogen-bond acceptors (Lipinski definition) is 4. The zero-order chi connectivity index (χ0) is 18.7. The molecule has 142 valence electrons. The molecular formula is C20H31N5S. The molecule has 5 nitrogen and oxygen atoms in total. The highest BCUT2D eigenvalue weighted by atomic mass is 32.1. The maximum Gasteiger partial charge on any atom is 0.199 e. The average molecular weight is 374 g/mol. The highest BCUT2D eigenvalue weighted by Gasteiger charge is 2.19. The van der Waals surface area contributed by atoms with Gasteiger partial charge in [0.2, 0.25) is 0 Å². The summed E-state index contributed by atoms with van der Waals surface area (Å²) in [6, 6.07) is 8.49. The van der Waals surface area contributed by atoms with Gasteiger partial charge < -0.3 is 9.47 Å². The van der Waals surface area contributed by atoms with Crippen LogP contribution in [0.4, 0.5) is 0 Å². The minimum atomic E-state index is 0.729. The van der Waals surface area contributed by atoms with E-state index in [-0.39, 0.29) is 0 Å². The van der Waals surface area contributed by atoms with E-state index < -0.39 is 0 Å². The molecule has 0 spiro atoms. The van der Waals surface area contributed by atoms with E-state index in [0.29, 0.717) is 0 Å². The number of nitrogens with zero attached hydrogens (tertiary/aromatic N) is 5. The Hall–Kier alpha value is -1.50. The third kappa shape index (κ3) is 4.42. The maximum atomic E-state index is 5.72. The first-order valence-corrected chi connectivity index (χ1v) is 10.1. The van der Waals surface area contributed by atoms with E-state index in [2.05, 4.69) is 66.3 Å². The normalized spacial score (nSPS) is 16.5. The van der Waals surface area contributed by atoms with Crippen LogP contribution in [0.2, 0.25) is 0 Å². The van der Waals surface area contributed by atoms with Crippen LogP contribution in [0.25, 0.3) is 11.4 Å². The monoisotopic (exact) mass is 373 g/mol. The van der Waals surface area contributed by atoms with Crippen LogP contribution in [0.1, 0.15) is 26.3 Å². The molecule has 0 atom stereocenters. The van der Waals surface area contributed by atoms with Gasteiger partial charge in [0.25, 0.3) is 0 Å². The fraction of sp³-hybridized carbons (Fsp3) is 0.600. The van der Waals surface area contributed by atoms with Crippen LogP contribution in [0.5, 0.6) is 0 Å². The van der Waals surface area contributed by atoms with Gasteiger partial charge in [-0.25, -0.2) is 4.68 Å². The molecule has 26 heavy (non-hydrogen) atoms. The lowest BCUT2D eigenvalue weighted by atomic mass is 10.1. The number of aromatic nitrogens is 3. The van der Waals surface area contributed by atoms with Gasteiger partial charge in [-0.3, -0.25) is 4.90 Å². The Balaban J connectivity index is 1.74. The van der Waals surface area contributed by atoms with E-state index >= 15 is 0 Å². The first-order chi connectivity index (χ1) is 12.5. The molecule has 1 aromatic carbocycles. The van der Waals surface area contributed by atoms with Crippen molar-refractivity contribution >= 4 is 12.2 Å². The van der Waals surface area contributed by atoms with Crippen LogP contribution in [-0.2, 0) is 13.2 Å². The number of piperazine rings is 1. The Morgan fingerprint density at radius 2 is 1.81 bits per heavy atom. The summed E-state index contributed by atoms with van der Waals surface area (Å²) in [7, 11) is 0. The Morgan fingerprint density at radius 1 is 1.12 bits per heavy atom. The fourth-order valence-corrected chi connectivity index (χ4v) is 3.95. The molecule has 2 heterocycles. The molecule has 0 aliphatic carbocycles. The van der Waals surface area contributed by atoms with Gasteiger partial charge in [-0.2, -0.15) is 5.10 Å². The average Bonchev–Trinajstić information content (AvgIpc) is 2.92. The highest BCUT2D eigenvalue weighted by Crippen LogP contribution is 2.20. The van der Waals surface area contributed by atoms with Crippen LogP contribution in [0.15, 0.2) is 24.3 Å².